The van der Waals surface area contributed by atoms with Gasteiger partial charge in [-0.25, -0.2) is 4.79 Å². The van der Waals surface area contributed by atoms with E-state index < -0.39 is 11.8 Å². The molecule has 0 unspecified atom stereocenters. The molecule has 1 aliphatic heterocycles. The van der Waals surface area contributed by atoms with Crippen molar-refractivity contribution in [2.24, 2.45) is 5.92 Å². The Kier molecular flexibility index (Phi) is 5.24. The first-order chi connectivity index (χ1) is 11.8. The Morgan fingerprint density at radius 2 is 1.92 bits per heavy atom. The van der Waals surface area contributed by atoms with Crippen molar-refractivity contribution in [3.63, 3.8) is 0 Å². The van der Waals surface area contributed by atoms with Crippen molar-refractivity contribution >= 4 is 33.5 Å². The summed E-state index contributed by atoms with van der Waals surface area (Å²) in [6.07, 6.45) is 3.68. The molecule has 0 saturated heterocycles. The van der Waals surface area contributed by atoms with Crippen LogP contribution in [0.25, 0.3) is 0 Å². The molecule has 138 valence electrons. The van der Waals surface area contributed by atoms with Crippen LogP contribution in [-0.4, -0.2) is 44.4 Å². The van der Waals surface area contributed by atoms with Gasteiger partial charge in [-0.15, -0.1) is 0 Å². The van der Waals surface area contributed by atoms with Gasteiger partial charge in [0.15, 0.2) is 11.5 Å². The van der Waals surface area contributed by atoms with Crippen molar-refractivity contribution in [3.8, 4) is 11.5 Å². The molecular weight excluding hydrogens is 410 g/mol. The molecule has 0 bridgehead atoms. The fourth-order valence-corrected chi connectivity index (χ4v) is 4.59. The summed E-state index contributed by atoms with van der Waals surface area (Å²) in [4.78, 5) is 14.3. The molecule has 5 nitrogen and oxygen atoms in total. The zero-order chi connectivity index (χ0) is 18.4. The lowest BCUT2D eigenvalue weighted by atomic mass is 9.85. The summed E-state index contributed by atoms with van der Waals surface area (Å²) < 4.78 is 17.8. The van der Waals surface area contributed by atoms with Gasteiger partial charge in [0.2, 0.25) is 0 Å². The smallest absolute Gasteiger partial charge is 0.339 e. The number of carbonyl (C=O) groups excluding carboxylic acids is 1. The van der Waals surface area contributed by atoms with Crippen LogP contribution >= 0.6 is 27.5 Å². The number of halogens is 2. The van der Waals surface area contributed by atoms with Gasteiger partial charge in [-0.05, 0) is 55.7 Å². The summed E-state index contributed by atoms with van der Waals surface area (Å²) in [6.45, 7) is 2.90. The minimum Gasteiger partial charge on any atom is -0.465 e. The summed E-state index contributed by atoms with van der Waals surface area (Å²) in [7, 11) is 5.54. The zero-order valence-corrected chi connectivity index (χ0v) is 17.3. The third kappa shape index (κ3) is 3.36. The molecule has 7 heteroatoms. The van der Waals surface area contributed by atoms with Gasteiger partial charge in [0.1, 0.15) is 5.02 Å². The van der Waals surface area contributed by atoms with Crippen LogP contribution in [0, 0.1) is 12.8 Å². The number of rotatable bonds is 3. The molecule has 1 aromatic rings. The minimum absolute atomic E-state index is 0.355. The van der Waals surface area contributed by atoms with Gasteiger partial charge in [-0.3, -0.25) is 0 Å². The zero-order valence-electron chi connectivity index (χ0n) is 14.9. The van der Waals surface area contributed by atoms with Gasteiger partial charge in [0.25, 0.3) is 5.79 Å². The topological polar surface area (TPSA) is 48.0 Å². The highest BCUT2D eigenvalue weighted by atomic mass is 79.9. The molecule has 3 rings (SSSR count). The number of esters is 1. The average Bonchev–Trinajstić information content (AvgIpc) is 2.95. The van der Waals surface area contributed by atoms with Crippen molar-refractivity contribution < 1.29 is 19.0 Å². The molecule has 0 aromatic heterocycles. The number of hydrogen-bond donors (Lipinski definition) is 0. The molecule has 1 saturated carbocycles. The van der Waals surface area contributed by atoms with Gasteiger partial charge in [-0.2, -0.15) is 0 Å². The molecule has 1 aromatic carbocycles. The first-order valence-corrected chi connectivity index (χ1v) is 9.57. The van der Waals surface area contributed by atoms with Crippen molar-refractivity contribution in [2.45, 2.75) is 38.4 Å². The van der Waals surface area contributed by atoms with E-state index in [2.05, 4.69) is 34.9 Å². The van der Waals surface area contributed by atoms with E-state index in [9.17, 15) is 4.79 Å². The molecule has 0 radical (unpaired) electrons. The second-order valence-electron chi connectivity index (χ2n) is 7.10. The quantitative estimate of drug-likeness (QED) is 0.662. The van der Waals surface area contributed by atoms with Gasteiger partial charge in [-0.1, -0.05) is 11.6 Å². The molecule has 1 heterocycles. The van der Waals surface area contributed by atoms with Crippen LogP contribution in [-0.2, 0) is 4.74 Å². The second kappa shape index (κ2) is 6.97. The first kappa shape index (κ1) is 18.8. The third-order valence-electron chi connectivity index (χ3n) is 4.99. The Labute approximate surface area is 161 Å². The van der Waals surface area contributed by atoms with E-state index in [0.717, 1.165) is 32.2 Å². The molecule has 1 aliphatic carbocycles. The lowest BCUT2D eigenvalue weighted by Crippen LogP contribution is -2.43. The maximum atomic E-state index is 12.1. The van der Waals surface area contributed by atoms with E-state index >= 15 is 0 Å². The molecule has 0 N–H and O–H groups in total. The van der Waals surface area contributed by atoms with E-state index in [4.69, 9.17) is 25.8 Å². The summed E-state index contributed by atoms with van der Waals surface area (Å²) >= 11 is 9.85. The number of nitrogens with zero attached hydrogens (tertiary/aromatic N) is 1. The van der Waals surface area contributed by atoms with Gasteiger partial charge >= 0.3 is 5.97 Å². The highest BCUT2D eigenvalue weighted by Crippen LogP contribution is 2.54. The van der Waals surface area contributed by atoms with E-state index in [0.29, 0.717) is 38.0 Å². The Balaban J connectivity index is 1.87. The lowest BCUT2D eigenvalue weighted by molar-refractivity contribution is -0.114. The highest BCUT2D eigenvalue weighted by molar-refractivity contribution is 9.10. The number of ether oxygens (including phenoxy) is 3. The second-order valence-corrected chi connectivity index (χ2v) is 8.27. The summed E-state index contributed by atoms with van der Waals surface area (Å²) in [5, 5.41) is 0.355. The third-order valence-corrected chi connectivity index (χ3v) is 6.37. The molecule has 1 spiro atoms. The lowest BCUT2D eigenvalue weighted by Gasteiger charge is -2.36. The first-order valence-electron chi connectivity index (χ1n) is 8.40. The van der Waals surface area contributed by atoms with E-state index in [1.807, 2.05) is 6.92 Å². The maximum Gasteiger partial charge on any atom is 0.339 e. The Morgan fingerprint density at radius 1 is 1.32 bits per heavy atom. The predicted molar refractivity (Wildman–Crippen MR) is 99.7 cm³/mol. The molecule has 0 amide bonds. The van der Waals surface area contributed by atoms with Crippen LogP contribution in [0.4, 0.5) is 0 Å². The minimum atomic E-state index is -0.673. The average molecular weight is 433 g/mol. The van der Waals surface area contributed by atoms with Crippen molar-refractivity contribution in [2.75, 3.05) is 27.7 Å². The molecular formula is C18H23BrClNO4. The summed E-state index contributed by atoms with van der Waals surface area (Å²) in [5.41, 5.74) is 1.07. The Hall–Kier alpha value is -0.980. The van der Waals surface area contributed by atoms with Crippen LogP contribution in [0.3, 0.4) is 0 Å². The van der Waals surface area contributed by atoms with Crippen LogP contribution in [0.5, 0.6) is 11.5 Å². The van der Waals surface area contributed by atoms with E-state index in [1.54, 1.807) is 0 Å². The molecule has 0 atom stereocenters. The Bertz CT molecular complexity index is 699. The van der Waals surface area contributed by atoms with E-state index in [-0.39, 0.29) is 0 Å². The number of hydrogen-bond acceptors (Lipinski definition) is 5. The van der Waals surface area contributed by atoms with Gasteiger partial charge < -0.3 is 19.1 Å². The monoisotopic (exact) mass is 431 g/mol. The fourth-order valence-electron chi connectivity index (χ4n) is 3.73. The van der Waals surface area contributed by atoms with Crippen LogP contribution in [0.2, 0.25) is 5.02 Å². The van der Waals surface area contributed by atoms with Crippen molar-refractivity contribution in [3.05, 3.63) is 20.6 Å². The van der Waals surface area contributed by atoms with Crippen molar-refractivity contribution in [1.82, 2.24) is 4.90 Å². The SMILES string of the molecule is COC(=O)c1c(C)c2c(c(Cl)c1Br)OC1(CCC(CN(C)C)CC1)O2. The standard InChI is InChI=1S/C18H23BrClNO4/c1-10-12(17(22)23-4)13(19)14(20)16-15(10)24-18(25-16)7-5-11(6-8-18)9-21(2)3/h11H,5-9H2,1-4H3. The van der Waals surface area contributed by atoms with E-state index in [1.165, 1.54) is 7.11 Å². The fraction of sp³-hybridized carbons (Fsp3) is 0.611. The summed E-state index contributed by atoms with van der Waals surface area (Å²) in [6, 6.07) is 0. The number of carbonyl (C=O) groups is 1. The largest absolute Gasteiger partial charge is 0.465 e. The van der Waals surface area contributed by atoms with Gasteiger partial charge in [0.05, 0.1) is 17.1 Å². The predicted octanol–water partition coefficient (Wildman–Crippen LogP) is 4.42. The van der Waals surface area contributed by atoms with Crippen molar-refractivity contribution in [1.29, 1.82) is 0 Å². The van der Waals surface area contributed by atoms with Crippen LogP contribution in [0.15, 0.2) is 4.47 Å². The number of benzene rings is 1. The normalized spacial score (nSPS) is 24.8. The van der Waals surface area contributed by atoms with Crippen LogP contribution in [0.1, 0.15) is 41.6 Å². The number of methoxy groups -OCH3 is 1. The highest BCUT2D eigenvalue weighted by Gasteiger charge is 2.47. The number of fused-ring (bicyclic) bond motifs is 1. The Morgan fingerprint density at radius 3 is 2.48 bits per heavy atom. The summed E-state index contributed by atoms with van der Waals surface area (Å²) in [5.74, 6) is 0.594. The molecule has 2 aliphatic rings. The maximum absolute atomic E-state index is 12.1. The van der Waals surface area contributed by atoms with Gasteiger partial charge in [0, 0.05) is 24.9 Å². The van der Waals surface area contributed by atoms with Crippen LogP contribution < -0.4 is 9.47 Å². The molecule has 25 heavy (non-hydrogen) atoms. The molecule has 1 fully saturated rings.